The molecule has 2 rings (SSSR count). The fourth-order valence-corrected chi connectivity index (χ4v) is 1.75. The lowest BCUT2D eigenvalue weighted by Crippen LogP contribution is -2.27. The Hall–Kier alpha value is -2.23. The number of amides is 1. The van der Waals surface area contributed by atoms with Crippen molar-refractivity contribution in [1.82, 2.24) is 10.3 Å². The van der Waals surface area contributed by atoms with Crippen LogP contribution < -0.4 is 5.32 Å². The van der Waals surface area contributed by atoms with Crippen molar-refractivity contribution in [3.63, 3.8) is 0 Å². The highest BCUT2D eigenvalue weighted by molar-refractivity contribution is 5.78. The number of benzene rings is 1. The van der Waals surface area contributed by atoms with E-state index in [9.17, 15) is 9.18 Å². The van der Waals surface area contributed by atoms with Crippen molar-refractivity contribution in [3.8, 4) is 0 Å². The van der Waals surface area contributed by atoms with Gasteiger partial charge in [0.2, 0.25) is 5.91 Å². The van der Waals surface area contributed by atoms with Crippen molar-refractivity contribution in [3.05, 3.63) is 65.7 Å². The lowest BCUT2D eigenvalue weighted by Gasteiger charge is -2.05. The molecule has 98 valence electrons. The van der Waals surface area contributed by atoms with E-state index in [1.165, 1.54) is 12.1 Å². The molecule has 19 heavy (non-hydrogen) atoms. The van der Waals surface area contributed by atoms with E-state index in [0.717, 1.165) is 11.1 Å². The molecule has 0 aliphatic heterocycles. The van der Waals surface area contributed by atoms with Crippen LogP contribution >= 0.6 is 0 Å². The van der Waals surface area contributed by atoms with Crippen molar-refractivity contribution in [2.45, 2.75) is 12.8 Å². The van der Waals surface area contributed by atoms with E-state index in [-0.39, 0.29) is 11.7 Å². The van der Waals surface area contributed by atoms with Crippen LogP contribution in [0.1, 0.15) is 11.1 Å². The molecule has 1 heterocycles. The highest BCUT2D eigenvalue weighted by Crippen LogP contribution is 2.03. The number of hydrogen-bond donors (Lipinski definition) is 1. The molecule has 2 aromatic rings. The molecule has 0 atom stereocenters. The summed E-state index contributed by atoms with van der Waals surface area (Å²) in [6, 6.07) is 9.97. The number of rotatable bonds is 5. The van der Waals surface area contributed by atoms with Crippen LogP contribution in [0.5, 0.6) is 0 Å². The second kappa shape index (κ2) is 6.64. The number of aromatic nitrogens is 1. The van der Waals surface area contributed by atoms with Gasteiger partial charge in [-0.15, -0.1) is 0 Å². The molecular weight excluding hydrogens is 243 g/mol. The Balaban J connectivity index is 1.74. The third kappa shape index (κ3) is 4.50. The predicted octanol–water partition coefficient (Wildman–Crippen LogP) is 2.12. The topological polar surface area (TPSA) is 42.0 Å². The summed E-state index contributed by atoms with van der Waals surface area (Å²) in [4.78, 5) is 15.6. The molecule has 0 aliphatic rings. The Morgan fingerprint density at radius 1 is 1.16 bits per heavy atom. The maximum Gasteiger partial charge on any atom is 0.224 e. The molecule has 0 radical (unpaired) electrons. The van der Waals surface area contributed by atoms with Crippen molar-refractivity contribution in [2.24, 2.45) is 0 Å². The molecule has 0 aliphatic carbocycles. The van der Waals surface area contributed by atoms with Gasteiger partial charge in [0.25, 0.3) is 0 Å². The average Bonchev–Trinajstić information content (AvgIpc) is 2.42. The van der Waals surface area contributed by atoms with Crippen LogP contribution in [0, 0.1) is 5.82 Å². The molecule has 0 saturated heterocycles. The summed E-state index contributed by atoms with van der Waals surface area (Å²) >= 11 is 0. The number of nitrogens with one attached hydrogen (secondary N) is 1. The van der Waals surface area contributed by atoms with E-state index in [1.807, 2.05) is 6.07 Å². The monoisotopic (exact) mass is 258 g/mol. The third-order valence-electron chi connectivity index (χ3n) is 2.74. The van der Waals surface area contributed by atoms with Crippen molar-refractivity contribution < 1.29 is 9.18 Å². The van der Waals surface area contributed by atoms with Gasteiger partial charge in [-0.1, -0.05) is 18.2 Å². The number of carbonyl (C=O) groups is 1. The first-order valence-corrected chi connectivity index (χ1v) is 6.14. The maximum absolute atomic E-state index is 12.7. The molecular formula is C15H15FN2O. The summed E-state index contributed by atoms with van der Waals surface area (Å²) in [7, 11) is 0. The van der Waals surface area contributed by atoms with Crippen molar-refractivity contribution in [1.29, 1.82) is 0 Å². The molecule has 4 heteroatoms. The number of pyridine rings is 1. The van der Waals surface area contributed by atoms with Gasteiger partial charge in [-0.2, -0.15) is 0 Å². The molecule has 0 unspecified atom stereocenters. The molecule has 3 nitrogen and oxygen atoms in total. The lowest BCUT2D eigenvalue weighted by molar-refractivity contribution is -0.120. The fraction of sp³-hybridized carbons (Fsp3) is 0.200. The van der Waals surface area contributed by atoms with Crippen LogP contribution in [0.3, 0.4) is 0 Å². The zero-order valence-electron chi connectivity index (χ0n) is 10.5. The summed E-state index contributed by atoms with van der Waals surface area (Å²) in [6.07, 6.45) is 4.38. The van der Waals surface area contributed by atoms with Crippen LogP contribution in [0.15, 0.2) is 48.8 Å². The summed E-state index contributed by atoms with van der Waals surface area (Å²) in [5, 5.41) is 2.83. The Morgan fingerprint density at radius 3 is 2.63 bits per heavy atom. The summed E-state index contributed by atoms with van der Waals surface area (Å²) in [5.41, 5.74) is 1.89. The lowest BCUT2D eigenvalue weighted by atomic mass is 10.1. The zero-order chi connectivity index (χ0) is 13.5. The summed E-state index contributed by atoms with van der Waals surface area (Å²) in [5.74, 6) is -0.278. The highest BCUT2D eigenvalue weighted by atomic mass is 19.1. The maximum atomic E-state index is 12.7. The minimum atomic E-state index is -0.246. The zero-order valence-corrected chi connectivity index (χ0v) is 10.5. The standard InChI is InChI=1S/C15H15FN2O/c16-14-5-3-12(4-6-14)7-9-18-15(19)10-13-2-1-8-17-11-13/h1-6,8,11H,7,9-10H2,(H,18,19). The minimum absolute atomic E-state index is 0.0323. The van der Waals surface area contributed by atoms with Gasteiger partial charge in [-0.25, -0.2) is 4.39 Å². The normalized spacial score (nSPS) is 10.2. The average molecular weight is 258 g/mol. The Morgan fingerprint density at radius 2 is 1.95 bits per heavy atom. The smallest absolute Gasteiger partial charge is 0.224 e. The van der Waals surface area contributed by atoms with Crippen LogP contribution in [0.25, 0.3) is 0 Å². The van der Waals surface area contributed by atoms with Gasteiger partial charge in [-0.3, -0.25) is 9.78 Å². The molecule has 0 fully saturated rings. The minimum Gasteiger partial charge on any atom is -0.355 e. The SMILES string of the molecule is O=C(Cc1cccnc1)NCCc1ccc(F)cc1. The number of nitrogens with zero attached hydrogens (tertiary/aromatic N) is 1. The highest BCUT2D eigenvalue weighted by Gasteiger charge is 2.02. The number of halogens is 1. The molecule has 0 spiro atoms. The molecule has 1 N–H and O–H groups in total. The van der Waals surface area contributed by atoms with E-state index in [2.05, 4.69) is 10.3 Å². The van der Waals surface area contributed by atoms with E-state index in [0.29, 0.717) is 19.4 Å². The Kier molecular flexibility index (Phi) is 4.61. The number of hydrogen-bond acceptors (Lipinski definition) is 2. The summed E-state index contributed by atoms with van der Waals surface area (Å²) in [6.45, 7) is 0.546. The van der Waals surface area contributed by atoms with E-state index < -0.39 is 0 Å². The van der Waals surface area contributed by atoms with Gasteiger partial charge < -0.3 is 5.32 Å². The third-order valence-corrected chi connectivity index (χ3v) is 2.74. The second-order valence-corrected chi connectivity index (χ2v) is 4.26. The van der Waals surface area contributed by atoms with E-state index in [1.54, 1.807) is 30.6 Å². The largest absolute Gasteiger partial charge is 0.355 e. The van der Waals surface area contributed by atoms with Gasteiger partial charge in [0.05, 0.1) is 6.42 Å². The predicted molar refractivity (Wildman–Crippen MR) is 71.1 cm³/mol. The first kappa shape index (κ1) is 13.2. The Labute approximate surface area is 111 Å². The van der Waals surface area contributed by atoms with E-state index >= 15 is 0 Å². The van der Waals surface area contributed by atoms with Gasteiger partial charge >= 0.3 is 0 Å². The molecule has 0 bridgehead atoms. The first-order chi connectivity index (χ1) is 9.24. The summed E-state index contributed by atoms with van der Waals surface area (Å²) < 4.78 is 12.7. The Bertz CT molecular complexity index is 526. The first-order valence-electron chi connectivity index (χ1n) is 6.14. The van der Waals surface area contributed by atoms with Gasteiger partial charge in [0.1, 0.15) is 5.82 Å². The van der Waals surface area contributed by atoms with Crippen LogP contribution in [-0.2, 0) is 17.6 Å². The van der Waals surface area contributed by atoms with Crippen LogP contribution in [0.2, 0.25) is 0 Å². The molecule has 1 amide bonds. The second-order valence-electron chi connectivity index (χ2n) is 4.26. The van der Waals surface area contributed by atoms with Gasteiger partial charge in [0, 0.05) is 18.9 Å². The van der Waals surface area contributed by atoms with Gasteiger partial charge in [0.15, 0.2) is 0 Å². The molecule has 1 aromatic carbocycles. The van der Waals surface area contributed by atoms with Crippen LogP contribution in [0.4, 0.5) is 4.39 Å². The van der Waals surface area contributed by atoms with E-state index in [4.69, 9.17) is 0 Å². The van der Waals surface area contributed by atoms with Crippen molar-refractivity contribution in [2.75, 3.05) is 6.54 Å². The van der Waals surface area contributed by atoms with Crippen molar-refractivity contribution >= 4 is 5.91 Å². The van der Waals surface area contributed by atoms with Crippen LogP contribution in [-0.4, -0.2) is 17.4 Å². The fourth-order valence-electron chi connectivity index (χ4n) is 1.75. The number of carbonyl (C=O) groups excluding carboxylic acids is 1. The molecule has 1 aromatic heterocycles. The van der Waals surface area contributed by atoms with Gasteiger partial charge in [-0.05, 0) is 35.7 Å². The molecule has 0 saturated carbocycles. The quantitative estimate of drug-likeness (QED) is 0.892.